The first kappa shape index (κ1) is 22.3. The number of hydrogen-bond donors (Lipinski definition) is 1. The maximum atomic E-state index is 13.5. The summed E-state index contributed by atoms with van der Waals surface area (Å²) < 4.78 is 0. The summed E-state index contributed by atoms with van der Waals surface area (Å²) in [5.41, 5.74) is 5.00. The van der Waals surface area contributed by atoms with E-state index in [1.54, 1.807) is 0 Å². The first-order valence-electron chi connectivity index (χ1n) is 11.5. The van der Waals surface area contributed by atoms with Crippen LogP contribution in [0.2, 0.25) is 0 Å². The highest BCUT2D eigenvalue weighted by atomic mass is 16.2. The smallest absolute Gasteiger partial charge is 0.282 e. The Balaban J connectivity index is 1.71. The lowest BCUT2D eigenvalue weighted by molar-refractivity contribution is -0.120. The van der Waals surface area contributed by atoms with Gasteiger partial charge in [-0.2, -0.15) is 0 Å². The summed E-state index contributed by atoms with van der Waals surface area (Å²) in [6.45, 7) is 8.16. The van der Waals surface area contributed by atoms with E-state index in [1.165, 1.54) is 4.90 Å². The van der Waals surface area contributed by atoms with Crippen molar-refractivity contribution in [1.82, 2.24) is 0 Å². The fourth-order valence-electron chi connectivity index (χ4n) is 4.12. The highest BCUT2D eigenvalue weighted by molar-refractivity contribution is 6.46. The number of carbonyl (C=O) groups excluding carboxylic acids is 2. The third-order valence-corrected chi connectivity index (χ3v) is 6.01. The Bertz CT molecular complexity index is 1160. The van der Waals surface area contributed by atoms with Gasteiger partial charge in [-0.15, -0.1) is 0 Å². The Hall–Kier alpha value is -3.86. The molecule has 0 fully saturated rings. The van der Waals surface area contributed by atoms with E-state index in [0.29, 0.717) is 22.5 Å². The Labute approximate surface area is 195 Å². The van der Waals surface area contributed by atoms with Crippen molar-refractivity contribution in [2.75, 3.05) is 28.2 Å². The molecule has 0 unspecified atom stereocenters. The van der Waals surface area contributed by atoms with Gasteiger partial charge in [-0.1, -0.05) is 49.4 Å². The van der Waals surface area contributed by atoms with Crippen LogP contribution in [-0.4, -0.2) is 24.9 Å². The lowest BCUT2D eigenvalue weighted by Crippen LogP contribution is -2.32. The van der Waals surface area contributed by atoms with Gasteiger partial charge in [0.25, 0.3) is 11.8 Å². The zero-order chi connectivity index (χ0) is 23.4. The van der Waals surface area contributed by atoms with Gasteiger partial charge in [0.05, 0.1) is 11.3 Å². The Morgan fingerprint density at radius 3 is 1.97 bits per heavy atom. The number of carbonyl (C=O) groups is 2. The van der Waals surface area contributed by atoms with Crippen molar-refractivity contribution in [1.29, 1.82) is 0 Å². The molecule has 0 spiro atoms. The Morgan fingerprint density at radius 1 is 0.758 bits per heavy atom. The van der Waals surface area contributed by atoms with Crippen LogP contribution >= 0.6 is 0 Å². The largest absolute Gasteiger partial charge is 0.372 e. The number of nitrogens with zero attached hydrogens (tertiary/aromatic N) is 2. The van der Waals surface area contributed by atoms with E-state index in [4.69, 9.17) is 0 Å². The SMILES string of the molecule is CCc1ccc(N2C(=O)C(Nc3ccc(N(CC)CC)cc3)=C(c3ccccc3)C2=O)cc1. The lowest BCUT2D eigenvalue weighted by Gasteiger charge is -2.21. The standard InChI is InChI=1S/C28H29N3O2/c1-4-20-12-16-24(17-13-20)31-27(32)25(21-10-8-7-9-11-21)26(28(31)33)29-22-14-18-23(19-15-22)30(5-2)6-3/h7-19,29H,4-6H2,1-3H3. The third-order valence-electron chi connectivity index (χ3n) is 6.01. The molecule has 33 heavy (non-hydrogen) atoms. The van der Waals surface area contributed by atoms with Crippen molar-refractivity contribution in [3.8, 4) is 0 Å². The average molecular weight is 440 g/mol. The van der Waals surface area contributed by atoms with E-state index >= 15 is 0 Å². The molecule has 3 aromatic rings. The van der Waals surface area contributed by atoms with Gasteiger partial charge in [0.2, 0.25) is 0 Å². The van der Waals surface area contributed by atoms with E-state index < -0.39 is 0 Å². The molecular weight excluding hydrogens is 410 g/mol. The van der Waals surface area contributed by atoms with E-state index in [2.05, 4.69) is 31.0 Å². The topological polar surface area (TPSA) is 52.7 Å². The Morgan fingerprint density at radius 2 is 1.39 bits per heavy atom. The quantitative estimate of drug-likeness (QED) is 0.472. The molecule has 3 aromatic carbocycles. The molecule has 0 atom stereocenters. The molecule has 5 nitrogen and oxygen atoms in total. The maximum absolute atomic E-state index is 13.5. The minimum atomic E-state index is -0.351. The van der Waals surface area contributed by atoms with Gasteiger partial charge in [-0.25, -0.2) is 4.90 Å². The molecule has 1 aliphatic rings. The summed E-state index contributed by atoms with van der Waals surface area (Å²) in [7, 11) is 0. The van der Waals surface area contributed by atoms with E-state index in [1.807, 2.05) is 78.9 Å². The molecule has 0 bridgehead atoms. The van der Waals surface area contributed by atoms with Crippen LogP contribution in [0, 0.1) is 0 Å². The highest BCUT2D eigenvalue weighted by Crippen LogP contribution is 2.34. The van der Waals surface area contributed by atoms with Crippen LogP contribution in [0.1, 0.15) is 31.9 Å². The molecular formula is C28H29N3O2. The fraction of sp³-hybridized carbons (Fsp3) is 0.214. The van der Waals surface area contributed by atoms with Gasteiger partial charge in [-0.05, 0) is 67.8 Å². The summed E-state index contributed by atoms with van der Waals surface area (Å²) >= 11 is 0. The molecule has 4 rings (SSSR count). The normalized spacial score (nSPS) is 13.6. The number of amides is 2. The molecule has 0 radical (unpaired) electrons. The number of benzene rings is 3. The van der Waals surface area contributed by atoms with Crippen LogP contribution < -0.4 is 15.1 Å². The third kappa shape index (κ3) is 4.40. The van der Waals surface area contributed by atoms with Gasteiger partial charge in [0.15, 0.2) is 0 Å². The predicted molar refractivity (Wildman–Crippen MR) is 135 cm³/mol. The monoisotopic (exact) mass is 439 g/mol. The first-order valence-corrected chi connectivity index (χ1v) is 11.5. The minimum absolute atomic E-state index is 0.293. The van der Waals surface area contributed by atoms with E-state index in [-0.39, 0.29) is 11.8 Å². The average Bonchev–Trinajstić information content (AvgIpc) is 3.10. The maximum Gasteiger partial charge on any atom is 0.282 e. The van der Waals surface area contributed by atoms with Gasteiger partial charge in [-0.3, -0.25) is 9.59 Å². The van der Waals surface area contributed by atoms with Gasteiger partial charge >= 0.3 is 0 Å². The molecule has 0 aliphatic carbocycles. The summed E-state index contributed by atoms with van der Waals surface area (Å²) in [6, 6.07) is 24.9. The fourth-order valence-corrected chi connectivity index (χ4v) is 4.12. The number of hydrogen-bond acceptors (Lipinski definition) is 4. The van der Waals surface area contributed by atoms with Crippen molar-refractivity contribution < 1.29 is 9.59 Å². The molecule has 1 N–H and O–H groups in total. The minimum Gasteiger partial charge on any atom is -0.372 e. The molecule has 168 valence electrons. The molecule has 5 heteroatoms. The second-order valence-electron chi connectivity index (χ2n) is 7.93. The summed E-state index contributed by atoms with van der Waals surface area (Å²) in [4.78, 5) is 30.5. The van der Waals surface area contributed by atoms with E-state index in [0.717, 1.165) is 36.4 Å². The van der Waals surface area contributed by atoms with Gasteiger partial charge in [0.1, 0.15) is 5.70 Å². The second-order valence-corrected chi connectivity index (χ2v) is 7.93. The van der Waals surface area contributed by atoms with Gasteiger partial charge < -0.3 is 10.2 Å². The van der Waals surface area contributed by atoms with Crippen molar-refractivity contribution in [3.05, 3.63) is 95.7 Å². The summed E-state index contributed by atoms with van der Waals surface area (Å²) in [5, 5.41) is 3.24. The van der Waals surface area contributed by atoms with Crippen LogP contribution in [0.25, 0.3) is 5.57 Å². The van der Waals surface area contributed by atoms with Crippen molar-refractivity contribution in [3.63, 3.8) is 0 Å². The summed E-state index contributed by atoms with van der Waals surface area (Å²) in [5.74, 6) is -0.673. The van der Waals surface area contributed by atoms with Crippen molar-refractivity contribution in [2.24, 2.45) is 0 Å². The molecule has 1 heterocycles. The number of aryl methyl sites for hydroxylation is 1. The molecule has 0 aromatic heterocycles. The van der Waals surface area contributed by atoms with Crippen LogP contribution in [0.4, 0.5) is 17.1 Å². The number of anilines is 3. The molecule has 2 amide bonds. The number of rotatable bonds is 8. The first-order chi connectivity index (χ1) is 16.1. The Kier molecular flexibility index (Phi) is 6.59. The van der Waals surface area contributed by atoms with Crippen LogP contribution in [0.5, 0.6) is 0 Å². The molecule has 1 aliphatic heterocycles. The lowest BCUT2D eigenvalue weighted by atomic mass is 10.0. The zero-order valence-corrected chi connectivity index (χ0v) is 19.3. The highest BCUT2D eigenvalue weighted by Gasteiger charge is 2.40. The molecule has 0 saturated heterocycles. The zero-order valence-electron chi connectivity index (χ0n) is 19.3. The van der Waals surface area contributed by atoms with Gasteiger partial charge in [0, 0.05) is 24.5 Å². The van der Waals surface area contributed by atoms with Crippen molar-refractivity contribution in [2.45, 2.75) is 27.2 Å². The molecule has 0 saturated carbocycles. The van der Waals surface area contributed by atoms with Crippen molar-refractivity contribution >= 4 is 34.4 Å². The number of nitrogens with one attached hydrogen (secondary N) is 1. The van der Waals surface area contributed by atoms with Crippen LogP contribution in [0.3, 0.4) is 0 Å². The number of imide groups is 1. The second kappa shape index (κ2) is 9.74. The predicted octanol–water partition coefficient (Wildman–Crippen LogP) is 5.49. The van der Waals surface area contributed by atoms with Crippen LogP contribution in [0.15, 0.2) is 84.6 Å². The van der Waals surface area contributed by atoms with Crippen LogP contribution in [-0.2, 0) is 16.0 Å². The summed E-state index contributed by atoms with van der Waals surface area (Å²) in [6.07, 6.45) is 0.895. The van der Waals surface area contributed by atoms with E-state index in [9.17, 15) is 9.59 Å².